The van der Waals surface area contributed by atoms with Crippen LogP contribution in [0.4, 0.5) is 5.00 Å². The summed E-state index contributed by atoms with van der Waals surface area (Å²) in [6, 6.07) is 6.39. The molecule has 8 nitrogen and oxygen atoms in total. The molecule has 166 valence electrons. The molecule has 1 aliphatic rings. The van der Waals surface area contributed by atoms with Gasteiger partial charge in [0.2, 0.25) is 0 Å². The zero-order chi connectivity index (χ0) is 22.5. The van der Waals surface area contributed by atoms with E-state index in [0.29, 0.717) is 27.8 Å². The molecule has 0 radical (unpaired) electrons. The molecule has 4 N–H and O–H groups in total. The van der Waals surface area contributed by atoms with E-state index in [1.807, 2.05) is 5.43 Å². The normalized spacial score (nSPS) is 16.1. The summed E-state index contributed by atoms with van der Waals surface area (Å²) in [6.45, 7) is 5.79. The SMILES string of the molecule is CCOC(=O)c1c(NC(=O)c2ccc(OC(C)C(=O)NN)cc2)sc2c1CCC(C)C2. The average Bonchev–Trinajstić information content (AvgIpc) is 3.10. The van der Waals surface area contributed by atoms with Crippen molar-refractivity contribution in [3.05, 3.63) is 45.8 Å². The lowest BCUT2D eigenvalue weighted by Gasteiger charge is -2.18. The maximum atomic E-state index is 12.8. The lowest BCUT2D eigenvalue weighted by atomic mass is 9.88. The highest BCUT2D eigenvalue weighted by Gasteiger charge is 2.29. The van der Waals surface area contributed by atoms with Gasteiger partial charge in [-0.2, -0.15) is 0 Å². The van der Waals surface area contributed by atoms with Gasteiger partial charge in [-0.1, -0.05) is 6.92 Å². The number of anilines is 1. The van der Waals surface area contributed by atoms with Gasteiger partial charge in [-0.15, -0.1) is 11.3 Å². The maximum absolute atomic E-state index is 12.8. The molecule has 0 aliphatic heterocycles. The Bertz CT molecular complexity index is 970. The van der Waals surface area contributed by atoms with E-state index in [0.717, 1.165) is 29.7 Å². The van der Waals surface area contributed by atoms with Crippen molar-refractivity contribution in [1.29, 1.82) is 0 Å². The Morgan fingerprint density at radius 1 is 1.26 bits per heavy atom. The minimum absolute atomic E-state index is 0.273. The molecule has 9 heteroatoms. The number of ether oxygens (including phenoxy) is 2. The topological polar surface area (TPSA) is 120 Å². The molecular formula is C22H27N3O5S. The summed E-state index contributed by atoms with van der Waals surface area (Å²) in [7, 11) is 0. The van der Waals surface area contributed by atoms with Gasteiger partial charge in [-0.25, -0.2) is 10.6 Å². The number of fused-ring (bicyclic) bond motifs is 1. The highest BCUT2D eigenvalue weighted by Crippen LogP contribution is 2.40. The molecule has 0 spiro atoms. The monoisotopic (exact) mass is 445 g/mol. The summed E-state index contributed by atoms with van der Waals surface area (Å²) in [6.07, 6.45) is 1.93. The largest absolute Gasteiger partial charge is 0.481 e. The number of hydrazine groups is 1. The lowest BCUT2D eigenvalue weighted by molar-refractivity contribution is -0.127. The molecule has 0 bridgehead atoms. The Kier molecular flexibility index (Phi) is 7.29. The van der Waals surface area contributed by atoms with Crippen molar-refractivity contribution in [2.75, 3.05) is 11.9 Å². The molecule has 2 atom stereocenters. The van der Waals surface area contributed by atoms with E-state index in [2.05, 4.69) is 12.2 Å². The molecule has 1 heterocycles. The number of carbonyl (C=O) groups is 3. The van der Waals surface area contributed by atoms with Crippen molar-refractivity contribution in [3.63, 3.8) is 0 Å². The molecule has 31 heavy (non-hydrogen) atoms. The molecule has 2 unspecified atom stereocenters. The van der Waals surface area contributed by atoms with Crippen LogP contribution >= 0.6 is 11.3 Å². The van der Waals surface area contributed by atoms with Gasteiger partial charge in [0.15, 0.2) is 6.10 Å². The predicted octanol–water partition coefficient (Wildman–Crippen LogP) is 3.06. The zero-order valence-electron chi connectivity index (χ0n) is 17.8. The van der Waals surface area contributed by atoms with Crippen LogP contribution in [-0.4, -0.2) is 30.5 Å². The summed E-state index contributed by atoms with van der Waals surface area (Å²) >= 11 is 1.45. The first-order valence-electron chi connectivity index (χ1n) is 10.2. The third-order valence-corrected chi connectivity index (χ3v) is 6.33. The Balaban J connectivity index is 1.78. The first-order chi connectivity index (χ1) is 14.8. The molecule has 2 aromatic rings. The predicted molar refractivity (Wildman–Crippen MR) is 118 cm³/mol. The van der Waals surface area contributed by atoms with Crippen molar-refractivity contribution in [2.45, 2.75) is 46.1 Å². The highest BCUT2D eigenvalue weighted by atomic mass is 32.1. The van der Waals surface area contributed by atoms with Gasteiger partial charge < -0.3 is 14.8 Å². The number of hydrogen-bond donors (Lipinski definition) is 3. The third kappa shape index (κ3) is 5.23. The van der Waals surface area contributed by atoms with Gasteiger partial charge in [0, 0.05) is 10.4 Å². The third-order valence-electron chi connectivity index (χ3n) is 5.16. The molecule has 3 rings (SSSR count). The minimum atomic E-state index is -0.767. The van der Waals surface area contributed by atoms with Crippen LogP contribution in [0.2, 0.25) is 0 Å². The van der Waals surface area contributed by atoms with Gasteiger partial charge in [-0.3, -0.25) is 15.0 Å². The second kappa shape index (κ2) is 9.93. The highest BCUT2D eigenvalue weighted by molar-refractivity contribution is 7.17. The molecule has 1 aromatic carbocycles. The molecular weight excluding hydrogens is 418 g/mol. The Hall–Kier alpha value is -2.91. The van der Waals surface area contributed by atoms with Gasteiger partial charge in [0.25, 0.3) is 11.8 Å². The van der Waals surface area contributed by atoms with Crippen LogP contribution in [0.1, 0.15) is 58.3 Å². The summed E-state index contributed by atoms with van der Waals surface area (Å²) in [5.74, 6) is 4.88. The van der Waals surface area contributed by atoms with E-state index in [1.165, 1.54) is 11.3 Å². The van der Waals surface area contributed by atoms with Gasteiger partial charge >= 0.3 is 5.97 Å². The Morgan fingerprint density at radius 2 is 1.97 bits per heavy atom. The maximum Gasteiger partial charge on any atom is 0.341 e. The van der Waals surface area contributed by atoms with Gasteiger partial charge in [0.05, 0.1) is 12.2 Å². The summed E-state index contributed by atoms with van der Waals surface area (Å²) in [5.41, 5.74) is 3.89. The van der Waals surface area contributed by atoms with Crippen LogP contribution in [-0.2, 0) is 22.4 Å². The summed E-state index contributed by atoms with van der Waals surface area (Å²) in [4.78, 5) is 38.0. The second-order valence-electron chi connectivity index (χ2n) is 7.52. The fraction of sp³-hybridized carbons (Fsp3) is 0.409. The fourth-order valence-corrected chi connectivity index (χ4v) is 4.89. The van der Waals surface area contributed by atoms with Crippen molar-refractivity contribution in [3.8, 4) is 5.75 Å². The van der Waals surface area contributed by atoms with Crippen LogP contribution in [0.3, 0.4) is 0 Å². The first-order valence-corrected chi connectivity index (χ1v) is 11.1. The number of rotatable bonds is 7. The quantitative estimate of drug-likeness (QED) is 0.261. The average molecular weight is 446 g/mol. The Labute approximate surface area is 185 Å². The van der Waals surface area contributed by atoms with Crippen LogP contribution in [0.5, 0.6) is 5.75 Å². The van der Waals surface area contributed by atoms with Crippen molar-refractivity contribution < 1.29 is 23.9 Å². The van der Waals surface area contributed by atoms with E-state index >= 15 is 0 Å². The summed E-state index contributed by atoms with van der Waals surface area (Å²) < 4.78 is 10.7. The second-order valence-corrected chi connectivity index (χ2v) is 8.63. The fourth-order valence-electron chi connectivity index (χ4n) is 3.49. The van der Waals surface area contributed by atoms with Crippen molar-refractivity contribution >= 4 is 34.1 Å². The standard InChI is InChI=1S/C22H27N3O5S/c1-4-29-22(28)18-16-10-5-12(2)11-17(16)31-21(18)24-20(27)14-6-8-15(9-7-14)30-13(3)19(26)25-23/h6-9,12-13H,4-5,10-11,23H2,1-3H3,(H,24,27)(H,25,26). The molecule has 0 fully saturated rings. The number of nitrogens with one attached hydrogen (secondary N) is 2. The number of nitrogens with two attached hydrogens (primary N) is 1. The van der Waals surface area contributed by atoms with Crippen LogP contribution in [0, 0.1) is 5.92 Å². The molecule has 1 aromatic heterocycles. The van der Waals surface area contributed by atoms with Gasteiger partial charge in [0.1, 0.15) is 10.8 Å². The number of amides is 2. The lowest BCUT2D eigenvalue weighted by Crippen LogP contribution is -2.40. The van der Waals surface area contributed by atoms with E-state index in [4.69, 9.17) is 15.3 Å². The summed E-state index contributed by atoms with van der Waals surface area (Å²) in [5, 5.41) is 3.41. The molecule has 1 aliphatic carbocycles. The van der Waals surface area contributed by atoms with Crippen molar-refractivity contribution in [1.82, 2.24) is 5.43 Å². The molecule has 0 saturated heterocycles. The molecule has 2 amide bonds. The van der Waals surface area contributed by atoms with Crippen LogP contribution < -0.4 is 21.3 Å². The van der Waals surface area contributed by atoms with E-state index in [9.17, 15) is 14.4 Å². The van der Waals surface area contributed by atoms with Gasteiger partial charge in [-0.05, 0) is 68.9 Å². The first kappa shape index (κ1) is 22.8. The Morgan fingerprint density at radius 3 is 2.61 bits per heavy atom. The number of carbonyl (C=O) groups excluding carboxylic acids is 3. The minimum Gasteiger partial charge on any atom is -0.481 e. The smallest absolute Gasteiger partial charge is 0.341 e. The number of hydrogen-bond acceptors (Lipinski definition) is 7. The number of esters is 1. The van der Waals surface area contributed by atoms with Crippen LogP contribution in [0.25, 0.3) is 0 Å². The van der Waals surface area contributed by atoms with Crippen molar-refractivity contribution in [2.24, 2.45) is 11.8 Å². The number of thiophene rings is 1. The molecule has 0 saturated carbocycles. The van der Waals surface area contributed by atoms with Crippen LogP contribution in [0.15, 0.2) is 24.3 Å². The zero-order valence-corrected chi connectivity index (χ0v) is 18.6. The van der Waals surface area contributed by atoms with E-state index in [-0.39, 0.29) is 12.5 Å². The number of benzene rings is 1. The van der Waals surface area contributed by atoms with E-state index in [1.54, 1.807) is 38.1 Å². The van der Waals surface area contributed by atoms with E-state index < -0.39 is 18.0 Å².